The molecule has 2 aromatic rings. The summed E-state index contributed by atoms with van der Waals surface area (Å²) in [6.07, 6.45) is 0.118. The van der Waals surface area contributed by atoms with Gasteiger partial charge in [0.05, 0.1) is 34.4 Å². The number of aliphatic hydroxyl groups is 1. The van der Waals surface area contributed by atoms with E-state index in [1.807, 2.05) is 0 Å². The third kappa shape index (κ3) is 3.97. The molecule has 0 unspecified atom stereocenters. The largest absolute Gasteiger partial charge is 0.493 e. The summed E-state index contributed by atoms with van der Waals surface area (Å²) in [5.74, 6) is 1.26. The van der Waals surface area contributed by atoms with Crippen molar-refractivity contribution in [2.75, 3.05) is 26.6 Å². The summed E-state index contributed by atoms with van der Waals surface area (Å²) in [4.78, 5) is 12.3. The minimum absolute atomic E-state index is 0.0762. The van der Waals surface area contributed by atoms with Crippen molar-refractivity contribution in [1.29, 1.82) is 0 Å². The van der Waals surface area contributed by atoms with Gasteiger partial charge in [0.2, 0.25) is 11.7 Å². The number of anilines is 1. The van der Waals surface area contributed by atoms with Crippen LogP contribution in [0.15, 0.2) is 36.4 Å². The Morgan fingerprint density at radius 2 is 1.79 bits per heavy atom. The Kier molecular flexibility index (Phi) is 6.03. The lowest BCUT2D eigenvalue weighted by molar-refractivity contribution is -0.115. The molecule has 0 aromatic heterocycles. The van der Waals surface area contributed by atoms with Crippen LogP contribution in [0.25, 0.3) is 0 Å². The van der Waals surface area contributed by atoms with Gasteiger partial charge in [-0.3, -0.25) is 4.79 Å². The second-order valence-electron chi connectivity index (χ2n) is 5.08. The predicted octanol–water partition coefficient (Wildman–Crippen LogP) is 2.39. The van der Waals surface area contributed by atoms with Gasteiger partial charge in [-0.2, -0.15) is 0 Å². The molecule has 128 valence electrons. The Morgan fingerprint density at radius 1 is 1.04 bits per heavy atom. The average Bonchev–Trinajstić information content (AvgIpc) is 2.61. The lowest BCUT2D eigenvalue weighted by Gasteiger charge is -2.15. The summed E-state index contributed by atoms with van der Waals surface area (Å²) >= 11 is 0. The van der Waals surface area contributed by atoms with Crippen LogP contribution in [0.2, 0.25) is 0 Å². The predicted molar refractivity (Wildman–Crippen MR) is 90.8 cm³/mol. The van der Waals surface area contributed by atoms with Gasteiger partial charge >= 0.3 is 0 Å². The molecule has 0 fully saturated rings. The fourth-order valence-electron chi connectivity index (χ4n) is 2.43. The molecule has 2 N–H and O–H groups in total. The fraction of sp³-hybridized carbons (Fsp3) is 0.278. The smallest absolute Gasteiger partial charge is 0.228 e. The van der Waals surface area contributed by atoms with Gasteiger partial charge in [0.25, 0.3) is 0 Å². The number of hydrogen-bond acceptors (Lipinski definition) is 5. The standard InChI is InChI=1S/C18H21NO5/c1-22-15-8-7-13(17(23-2)18(15)24-3)10-16(21)19-14-6-4-5-12(9-14)11-20/h4-9,20H,10-11H2,1-3H3,(H,19,21). The lowest BCUT2D eigenvalue weighted by Crippen LogP contribution is -2.15. The molecule has 6 nitrogen and oxygen atoms in total. The molecule has 0 spiro atoms. The number of ether oxygens (including phenoxy) is 3. The van der Waals surface area contributed by atoms with Crippen molar-refractivity contribution in [3.8, 4) is 17.2 Å². The van der Waals surface area contributed by atoms with E-state index in [9.17, 15) is 4.79 Å². The van der Waals surface area contributed by atoms with Crippen LogP contribution in [0.5, 0.6) is 17.2 Å². The Labute approximate surface area is 141 Å². The first-order valence-corrected chi connectivity index (χ1v) is 7.40. The van der Waals surface area contributed by atoms with Crippen molar-refractivity contribution in [1.82, 2.24) is 0 Å². The fourth-order valence-corrected chi connectivity index (χ4v) is 2.43. The average molecular weight is 331 g/mol. The van der Waals surface area contributed by atoms with Crippen LogP contribution in [0.3, 0.4) is 0 Å². The second-order valence-corrected chi connectivity index (χ2v) is 5.08. The van der Waals surface area contributed by atoms with Crippen LogP contribution in [-0.4, -0.2) is 32.3 Å². The molecule has 6 heteroatoms. The monoisotopic (exact) mass is 331 g/mol. The van der Waals surface area contributed by atoms with E-state index in [1.165, 1.54) is 21.3 Å². The van der Waals surface area contributed by atoms with Gasteiger partial charge in [0.1, 0.15) is 0 Å². The van der Waals surface area contributed by atoms with Gasteiger partial charge in [0, 0.05) is 11.3 Å². The number of amides is 1. The zero-order valence-electron chi connectivity index (χ0n) is 14.0. The molecular weight excluding hydrogens is 310 g/mol. The lowest BCUT2D eigenvalue weighted by atomic mass is 10.1. The highest BCUT2D eigenvalue weighted by Crippen LogP contribution is 2.39. The molecule has 0 saturated carbocycles. The molecule has 0 aliphatic heterocycles. The summed E-state index contributed by atoms with van der Waals surface area (Å²) in [6, 6.07) is 10.6. The molecule has 0 aliphatic carbocycles. The Hall–Kier alpha value is -2.73. The second kappa shape index (κ2) is 8.21. The molecule has 0 bridgehead atoms. The van der Waals surface area contributed by atoms with E-state index in [2.05, 4.69) is 5.32 Å². The zero-order valence-corrected chi connectivity index (χ0v) is 14.0. The summed E-state index contributed by atoms with van der Waals surface area (Å²) in [6.45, 7) is -0.0762. The third-order valence-corrected chi connectivity index (χ3v) is 3.53. The van der Waals surface area contributed by atoms with Crippen molar-refractivity contribution in [3.63, 3.8) is 0 Å². The van der Waals surface area contributed by atoms with Crippen molar-refractivity contribution in [2.45, 2.75) is 13.0 Å². The molecule has 0 atom stereocenters. The topological polar surface area (TPSA) is 77.0 Å². The number of benzene rings is 2. The van der Waals surface area contributed by atoms with Crippen LogP contribution >= 0.6 is 0 Å². The van der Waals surface area contributed by atoms with E-state index in [0.29, 0.717) is 28.5 Å². The van der Waals surface area contributed by atoms with E-state index in [0.717, 1.165) is 5.56 Å². The molecule has 1 amide bonds. The number of nitrogens with one attached hydrogen (secondary N) is 1. The minimum atomic E-state index is -0.199. The Morgan fingerprint density at radius 3 is 2.42 bits per heavy atom. The zero-order chi connectivity index (χ0) is 17.5. The number of hydrogen-bond donors (Lipinski definition) is 2. The maximum atomic E-state index is 12.3. The van der Waals surface area contributed by atoms with Gasteiger partial charge in [-0.25, -0.2) is 0 Å². The van der Waals surface area contributed by atoms with Crippen molar-refractivity contribution >= 4 is 11.6 Å². The first-order chi connectivity index (χ1) is 11.6. The number of carbonyl (C=O) groups excluding carboxylic acids is 1. The molecule has 0 radical (unpaired) electrons. The van der Waals surface area contributed by atoms with Crippen molar-refractivity contribution in [2.24, 2.45) is 0 Å². The summed E-state index contributed by atoms with van der Waals surface area (Å²) < 4.78 is 15.9. The first-order valence-electron chi connectivity index (χ1n) is 7.40. The SMILES string of the molecule is COc1ccc(CC(=O)Nc2cccc(CO)c2)c(OC)c1OC. The van der Waals surface area contributed by atoms with Gasteiger partial charge in [0.15, 0.2) is 11.5 Å². The quantitative estimate of drug-likeness (QED) is 0.814. The Balaban J connectivity index is 2.19. The van der Waals surface area contributed by atoms with Crippen LogP contribution < -0.4 is 19.5 Å². The molecule has 0 heterocycles. The molecule has 0 aliphatic rings. The van der Waals surface area contributed by atoms with Gasteiger partial charge in [-0.15, -0.1) is 0 Å². The summed E-state index contributed by atoms with van der Waals surface area (Å²) in [5.41, 5.74) is 2.05. The van der Waals surface area contributed by atoms with E-state index in [1.54, 1.807) is 36.4 Å². The molecular formula is C18H21NO5. The van der Waals surface area contributed by atoms with E-state index < -0.39 is 0 Å². The first kappa shape index (κ1) is 17.6. The Bertz CT molecular complexity index is 715. The summed E-state index contributed by atoms with van der Waals surface area (Å²) in [7, 11) is 4.58. The number of rotatable bonds is 7. The third-order valence-electron chi connectivity index (χ3n) is 3.53. The molecule has 0 saturated heterocycles. The number of methoxy groups -OCH3 is 3. The van der Waals surface area contributed by atoms with Crippen LogP contribution in [0, 0.1) is 0 Å². The minimum Gasteiger partial charge on any atom is -0.493 e. The van der Waals surface area contributed by atoms with Crippen LogP contribution in [0.1, 0.15) is 11.1 Å². The van der Waals surface area contributed by atoms with Crippen molar-refractivity contribution in [3.05, 3.63) is 47.5 Å². The number of carbonyl (C=O) groups is 1. The van der Waals surface area contributed by atoms with E-state index in [-0.39, 0.29) is 18.9 Å². The maximum absolute atomic E-state index is 12.3. The summed E-state index contributed by atoms with van der Waals surface area (Å²) in [5, 5.41) is 12.0. The van der Waals surface area contributed by atoms with E-state index in [4.69, 9.17) is 19.3 Å². The van der Waals surface area contributed by atoms with Gasteiger partial charge < -0.3 is 24.6 Å². The van der Waals surface area contributed by atoms with Gasteiger partial charge in [-0.1, -0.05) is 18.2 Å². The molecule has 2 aromatic carbocycles. The molecule has 24 heavy (non-hydrogen) atoms. The van der Waals surface area contributed by atoms with Crippen LogP contribution in [0.4, 0.5) is 5.69 Å². The highest BCUT2D eigenvalue weighted by atomic mass is 16.5. The van der Waals surface area contributed by atoms with Crippen LogP contribution in [-0.2, 0) is 17.8 Å². The van der Waals surface area contributed by atoms with Gasteiger partial charge in [-0.05, 0) is 23.8 Å². The van der Waals surface area contributed by atoms with Crippen molar-refractivity contribution < 1.29 is 24.1 Å². The maximum Gasteiger partial charge on any atom is 0.228 e. The normalized spacial score (nSPS) is 10.2. The van der Waals surface area contributed by atoms with E-state index >= 15 is 0 Å². The number of aliphatic hydroxyl groups excluding tert-OH is 1. The highest BCUT2D eigenvalue weighted by Gasteiger charge is 2.17. The molecule has 2 rings (SSSR count). The highest BCUT2D eigenvalue weighted by molar-refractivity contribution is 5.93.